The second kappa shape index (κ2) is 7.38. The molecule has 1 rings (SSSR count). The molecule has 0 aromatic heterocycles. The molecule has 1 saturated carbocycles. The zero-order valence-electron chi connectivity index (χ0n) is 12.2. The maximum Gasteiger partial charge on any atom is 0.0489 e. The van der Waals surface area contributed by atoms with E-state index in [1.165, 1.54) is 25.7 Å². The normalized spacial score (nSPS) is 24.2. The number of ether oxygens (including phenoxy) is 1. The fraction of sp³-hybridized carbons (Fsp3) is 1.00. The predicted octanol–water partition coefficient (Wildman–Crippen LogP) is 3.61. The standard InChI is InChI=1S/C15H31NO/c1-13(2)12-17-11-7-10-16-14-8-5-6-9-15(14,3)4/h13-14,16H,5-12H2,1-4H3. The Labute approximate surface area is 108 Å². The van der Waals surface area contributed by atoms with Crippen LogP contribution in [0.4, 0.5) is 0 Å². The van der Waals surface area contributed by atoms with E-state index < -0.39 is 0 Å². The van der Waals surface area contributed by atoms with Gasteiger partial charge in [-0.25, -0.2) is 0 Å². The fourth-order valence-corrected chi connectivity index (χ4v) is 2.64. The lowest BCUT2D eigenvalue weighted by atomic mass is 9.73. The van der Waals surface area contributed by atoms with Crippen molar-refractivity contribution < 1.29 is 4.74 Å². The van der Waals surface area contributed by atoms with Gasteiger partial charge in [0, 0.05) is 19.3 Å². The average Bonchev–Trinajstić information content (AvgIpc) is 2.24. The summed E-state index contributed by atoms with van der Waals surface area (Å²) in [5.41, 5.74) is 0.483. The second-order valence-electron chi connectivity index (χ2n) is 6.56. The van der Waals surface area contributed by atoms with Crippen LogP contribution in [-0.2, 0) is 4.74 Å². The van der Waals surface area contributed by atoms with Crippen molar-refractivity contribution in [3.8, 4) is 0 Å². The molecule has 102 valence electrons. The van der Waals surface area contributed by atoms with Gasteiger partial charge in [0.25, 0.3) is 0 Å². The third kappa shape index (κ3) is 5.87. The van der Waals surface area contributed by atoms with E-state index in [0.29, 0.717) is 17.4 Å². The third-order valence-electron chi connectivity index (χ3n) is 3.81. The van der Waals surface area contributed by atoms with Gasteiger partial charge in [-0.2, -0.15) is 0 Å². The highest BCUT2D eigenvalue weighted by Gasteiger charge is 2.31. The molecule has 1 aliphatic carbocycles. The molecule has 0 saturated heterocycles. The van der Waals surface area contributed by atoms with Gasteiger partial charge in [0.1, 0.15) is 0 Å². The van der Waals surface area contributed by atoms with Gasteiger partial charge in [-0.3, -0.25) is 0 Å². The molecule has 0 heterocycles. The van der Waals surface area contributed by atoms with Crippen molar-refractivity contribution in [3.63, 3.8) is 0 Å². The molecule has 0 aliphatic heterocycles. The summed E-state index contributed by atoms with van der Waals surface area (Å²) < 4.78 is 5.60. The van der Waals surface area contributed by atoms with Crippen LogP contribution in [0.15, 0.2) is 0 Å². The van der Waals surface area contributed by atoms with Crippen molar-refractivity contribution in [3.05, 3.63) is 0 Å². The summed E-state index contributed by atoms with van der Waals surface area (Å²) >= 11 is 0. The lowest BCUT2D eigenvalue weighted by Gasteiger charge is -2.39. The van der Waals surface area contributed by atoms with Gasteiger partial charge < -0.3 is 10.1 Å². The summed E-state index contributed by atoms with van der Waals surface area (Å²) in [6, 6.07) is 0.710. The van der Waals surface area contributed by atoms with Crippen molar-refractivity contribution in [2.75, 3.05) is 19.8 Å². The molecule has 0 amide bonds. The molecule has 0 spiro atoms. The van der Waals surface area contributed by atoms with Gasteiger partial charge in [-0.15, -0.1) is 0 Å². The van der Waals surface area contributed by atoms with Crippen LogP contribution in [0, 0.1) is 11.3 Å². The van der Waals surface area contributed by atoms with Crippen LogP contribution >= 0.6 is 0 Å². The topological polar surface area (TPSA) is 21.3 Å². The van der Waals surface area contributed by atoms with Gasteiger partial charge in [-0.05, 0) is 37.1 Å². The molecule has 0 aromatic rings. The molecule has 0 bridgehead atoms. The maximum absolute atomic E-state index is 5.60. The van der Waals surface area contributed by atoms with Gasteiger partial charge in [-0.1, -0.05) is 40.5 Å². The average molecular weight is 241 g/mol. The Hall–Kier alpha value is -0.0800. The number of hydrogen-bond acceptors (Lipinski definition) is 2. The SMILES string of the molecule is CC(C)COCCCNC1CCCCC1(C)C. The third-order valence-corrected chi connectivity index (χ3v) is 3.81. The van der Waals surface area contributed by atoms with E-state index in [9.17, 15) is 0 Å². The van der Waals surface area contributed by atoms with Gasteiger partial charge in [0.05, 0.1) is 0 Å². The minimum absolute atomic E-state index is 0.483. The first-order valence-corrected chi connectivity index (χ1v) is 7.33. The smallest absolute Gasteiger partial charge is 0.0489 e. The molecule has 1 fully saturated rings. The lowest BCUT2D eigenvalue weighted by Crippen LogP contribution is -2.44. The predicted molar refractivity (Wildman–Crippen MR) is 74.3 cm³/mol. The van der Waals surface area contributed by atoms with Crippen LogP contribution in [0.25, 0.3) is 0 Å². The first-order valence-electron chi connectivity index (χ1n) is 7.33. The Bertz CT molecular complexity index is 201. The Balaban J connectivity index is 2.05. The summed E-state index contributed by atoms with van der Waals surface area (Å²) in [6.07, 6.45) is 6.65. The van der Waals surface area contributed by atoms with Crippen molar-refractivity contribution in [1.29, 1.82) is 0 Å². The van der Waals surface area contributed by atoms with Crippen molar-refractivity contribution in [2.24, 2.45) is 11.3 Å². The van der Waals surface area contributed by atoms with Crippen LogP contribution < -0.4 is 5.32 Å². The Morgan fingerprint density at radius 3 is 2.71 bits per heavy atom. The highest BCUT2D eigenvalue weighted by Crippen LogP contribution is 2.35. The Morgan fingerprint density at radius 1 is 1.29 bits per heavy atom. The zero-order valence-corrected chi connectivity index (χ0v) is 12.2. The second-order valence-corrected chi connectivity index (χ2v) is 6.56. The molecule has 1 N–H and O–H groups in total. The summed E-state index contributed by atoms with van der Waals surface area (Å²) in [5, 5.41) is 3.72. The highest BCUT2D eigenvalue weighted by molar-refractivity contribution is 4.87. The molecule has 0 radical (unpaired) electrons. The minimum atomic E-state index is 0.483. The first-order chi connectivity index (χ1) is 8.02. The summed E-state index contributed by atoms with van der Waals surface area (Å²) in [6.45, 7) is 12.1. The maximum atomic E-state index is 5.60. The van der Waals surface area contributed by atoms with E-state index in [4.69, 9.17) is 4.74 Å². The summed E-state index contributed by atoms with van der Waals surface area (Å²) in [5.74, 6) is 0.653. The van der Waals surface area contributed by atoms with Crippen molar-refractivity contribution in [2.45, 2.75) is 65.8 Å². The van der Waals surface area contributed by atoms with Crippen LogP contribution in [0.1, 0.15) is 59.8 Å². The van der Waals surface area contributed by atoms with Crippen LogP contribution in [-0.4, -0.2) is 25.8 Å². The van der Waals surface area contributed by atoms with Gasteiger partial charge in [0.15, 0.2) is 0 Å². The number of nitrogens with one attached hydrogen (secondary N) is 1. The summed E-state index contributed by atoms with van der Waals surface area (Å²) in [7, 11) is 0. The van der Waals surface area contributed by atoms with Gasteiger partial charge in [0.2, 0.25) is 0 Å². The Kier molecular flexibility index (Phi) is 6.50. The van der Waals surface area contributed by atoms with E-state index in [1.54, 1.807) is 0 Å². The van der Waals surface area contributed by atoms with E-state index in [-0.39, 0.29) is 0 Å². The van der Waals surface area contributed by atoms with Crippen LogP contribution in [0.5, 0.6) is 0 Å². The van der Waals surface area contributed by atoms with Crippen molar-refractivity contribution >= 4 is 0 Å². The molecule has 2 nitrogen and oxygen atoms in total. The van der Waals surface area contributed by atoms with E-state index in [0.717, 1.165) is 26.2 Å². The molecule has 0 aromatic carbocycles. The quantitative estimate of drug-likeness (QED) is 0.688. The molecular formula is C15H31NO. The lowest BCUT2D eigenvalue weighted by molar-refractivity contribution is 0.103. The molecule has 2 heteroatoms. The van der Waals surface area contributed by atoms with Crippen LogP contribution in [0.3, 0.4) is 0 Å². The largest absolute Gasteiger partial charge is 0.381 e. The molecule has 1 atom stereocenters. The first kappa shape index (κ1) is 15.0. The van der Waals surface area contributed by atoms with E-state index in [1.807, 2.05) is 0 Å². The summed E-state index contributed by atoms with van der Waals surface area (Å²) in [4.78, 5) is 0. The monoisotopic (exact) mass is 241 g/mol. The highest BCUT2D eigenvalue weighted by atomic mass is 16.5. The zero-order chi connectivity index (χ0) is 12.7. The van der Waals surface area contributed by atoms with E-state index >= 15 is 0 Å². The fourth-order valence-electron chi connectivity index (χ4n) is 2.64. The Morgan fingerprint density at radius 2 is 2.06 bits per heavy atom. The molecule has 17 heavy (non-hydrogen) atoms. The molecular weight excluding hydrogens is 210 g/mol. The van der Waals surface area contributed by atoms with Crippen molar-refractivity contribution in [1.82, 2.24) is 5.32 Å². The number of rotatable bonds is 7. The molecule has 1 unspecified atom stereocenters. The van der Waals surface area contributed by atoms with Crippen LogP contribution in [0.2, 0.25) is 0 Å². The molecule has 1 aliphatic rings. The number of hydrogen-bond donors (Lipinski definition) is 1. The van der Waals surface area contributed by atoms with E-state index in [2.05, 4.69) is 33.0 Å². The minimum Gasteiger partial charge on any atom is -0.381 e. The van der Waals surface area contributed by atoms with Gasteiger partial charge >= 0.3 is 0 Å².